The maximum Gasteiger partial charge on any atom is 0.255 e. The van der Waals surface area contributed by atoms with E-state index in [-0.39, 0.29) is 18.6 Å². The molecule has 0 bridgehead atoms. The van der Waals surface area contributed by atoms with Crippen molar-refractivity contribution in [2.24, 2.45) is 0 Å². The van der Waals surface area contributed by atoms with Gasteiger partial charge in [0.05, 0.1) is 12.2 Å². The number of rotatable bonds is 5. The van der Waals surface area contributed by atoms with Gasteiger partial charge in [-0.15, -0.1) is 0 Å². The van der Waals surface area contributed by atoms with E-state index in [0.29, 0.717) is 17.5 Å². The van der Waals surface area contributed by atoms with Gasteiger partial charge in [-0.25, -0.2) is 0 Å². The molecule has 0 saturated carbocycles. The Hall–Kier alpha value is -1.86. The Morgan fingerprint density at radius 1 is 1.50 bits per heavy atom. The summed E-state index contributed by atoms with van der Waals surface area (Å²) in [5.74, 6) is 5.68. The summed E-state index contributed by atoms with van der Waals surface area (Å²) in [4.78, 5) is 18.1. The molecule has 0 aliphatic rings. The lowest BCUT2D eigenvalue weighted by molar-refractivity contribution is 0.0736. The zero-order valence-electron chi connectivity index (χ0n) is 12.4. The summed E-state index contributed by atoms with van der Waals surface area (Å²) in [5.41, 5.74) is 1.24. The van der Waals surface area contributed by atoms with Crippen LogP contribution < -0.4 is 0 Å². The van der Waals surface area contributed by atoms with Crippen LogP contribution >= 0.6 is 0 Å². The molecular formula is C16H22N2O2. The molecule has 1 heterocycles. The molecule has 0 saturated heterocycles. The third kappa shape index (κ3) is 4.67. The van der Waals surface area contributed by atoms with Crippen LogP contribution in [-0.2, 0) is 0 Å². The van der Waals surface area contributed by atoms with E-state index in [2.05, 4.69) is 23.7 Å². The molecule has 0 spiro atoms. The predicted molar refractivity (Wildman–Crippen MR) is 79.3 cm³/mol. The fourth-order valence-electron chi connectivity index (χ4n) is 1.86. The standard InChI is InChI=1S/C16H22N2O2/c1-4-7-13(2)18(3)16(20)15-10-14(11-17-12-15)8-5-6-9-19/h10-13,19H,4,6-7,9H2,1-3H3. The number of aliphatic hydroxyl groups is 1. The summed E-state index contributed by atoms with van der Waals surface area (Å²) < 4.78 is 0. The van der Waals surface area contributed by atoms with Gasteiger partial charge in [0.1, 0.15) is 0 Å². The van der Waals surface area contributed by atoms with E-state index in [0.717, 1.165) is 12.8 Å². The van der Waals surface area contributed by atoms with Crippen LogP contribution in [0.1, 0.15) is 49.0 Å². The number of amides is 1. The molecule has 20 heavy (non-hydrogen) atoms. The number of carbonyl (C=O) groups excluding carboxylic acids is 1. The second-order valence-electron chi connectivity index (χ2n) is 4.79. The third-order valence-electron chi connectivity index (χ3n) is 3.14. The van der Waals surface area contributed by atoms with Crippen molar-refractivity contribution < 1.29 is 9.90 Å². The van der Waals surface area contributed by atoms with Gasteiger partial charge in [0, 0.05) is 37.5 Å². The molecule has 1 aromatic rings. The molecule has 0 aromatic carbocycles. The van der Waals surface area contributed by atoms with Crippen molar-refractivity contribution in [2.45, 2.75) is 39.2 Å². The van der Waals surface area contributed by atoms with Crippen molar-refractivity contribution in [3.05, 3.63) is 29.6 Å². The first-order valence-corrected chi connectivity index (χ1v) is 6.92. The van der Waals surface area contributed by atoms with Crippen LogP contribution in [0.15, 0.2) is 18.5 Å². The molecule has 4 nitrogen and oxygen atoms in total. The van der Waals surface area contributed by atoms with Crippen LogP contribution in [0, 0.1) is 11.8 Å². The number of pyridine rings is 1. The summed E-state index contributed by atoms with van der Waals surface area (Å²) in [6.07, 6.45) is 5.63. The average molecular weight is 274 g/mol. The molecule has 0 aliphatic carbocycles. The van der Waals surface area contributed by atoms with Crippen molar-refractivity contribution in [2.75, 3.05) is 13.7 Å². The molecule has 108 valence electrons. The minimum absolute atomic E-state index is 0.0377. The Morgan fingerprint density at radius 3 is 2.90 bits per heavy atom. The van der Waals surface area contributed by atoms with Crippen LogP contribution in [0.25, 0.3) is 0 Å². The molecular weight excluding hydrogens is 252 g/mol. The Kier molecular flexibility index (Phi) is 6.75. The number of hydrogen-bond acceptors (Lipinski definition) is 3. The minimum atomic E-state index is -0.0377. The second-order valence-corrected chi connectivity index (χ2v) is 4.79. The minimum Gasteiger partial charge on any atom is -0.395 e. The smallest absolute Gasteiger partial charge is 0.255 e. The van der Waals surface area contributed by atoms with E-state index < -0.39 is 0 Å². The zero-order valence-corrected chi connectivity index (χ0v) is 12.4. The molecule has 1 aromatic heterocycles. The lowest BCUT2D eigenvalue weighted by Gasteiger charge is -2.24. The van der Waals surface area contributed by atoms with E-state index in [1.54, 1.807) is 23.4 Å². The Balaban J connectivity index is 2.84. The number of hydrogen-bond donors (Lipinski definition) is 1. The van der Waals surface area contributed by atoms with Gasteiger partial charge >= 0.3 is 0 Å². The first kappa shape index (κ1) is 16.2. The van der Waals surface area contributed by atoms with Crippen molar-refractivity contribution >= 4 is 5.91 Å². The highest BCUT2D eigenvalue weighted by Gasteiger charge is 2.17. The van der Waals surface area contributed by atoms with Crippen LogP contribution in [-0.4, -0.2) is 40.6 Å². The predicted octanol–water partition coefficient (Wildman–Crippen LogP) is 2.08. The van der Waals surface area contributed by atoms with E-state index in [9.17, 15) is 4.79 Å². The van der Waals surface area contributed by atoms with Crippen molar-refractivity contribution in [3.8, 4) is 11.8 Å². The SMILES string of the molecule is CCCC(C)N(C)C(=O)c1cncc(C#CCCO)c1. The normalized spacial score (nSPS) is 11.4. The van der Waals surface area contributed by atoms with Crippen LogP contribution in [0.5, 0.6) is 0 Å². The Labute approximate surface area is 120 Å². The van der Waals surface area contributed by atoms with Gasteiger partial charge in [-0.2, -0.15) is 0 Å². The fourth-order valence-corrected chi connectivity index (χ4v) is 1.86. The Morgan fingerprint density at radius 2 is 2.25 bits per heavy atom. The monoisotopic (exact) mass is 274 g/mol. The highest BCUT2D eigenvalue weighted by molar-refractivity contribution is 5.94. The van der Waals surface area contributed by atoms with Crippen LogP contribution in [0.2, 0.25) is 0 Å². The number of carbonyl (C=O) groups is 1. The summed E-state index contributed by atoms with van der Waals surface area (Å²) in [5, 5.41) is 8.69. The van der Waals surface area contributed by atoms with Gasteiger partial charge in [0.2, 0.25) is 0 Å². The van der Waals surface area contributed by atoms with Crippen molar-refractivity contribution in [1.82, 2.24) is 9.88 Å². The van der Waals surface area contributed by atoms with Gasteiger partial charge in [-0.3, -0.25) is 9.78 Å². The molecule has 1 amide bonds. The first-order valence-electron chi connectivity index (χ1n) is 6.92. The van der Waals surface area contributed by atoms with Crippen molar-refractivity contribution in [3.63, 3.8) is 0 Å². The molecule has 1 rings (SSSR count). The maximum absolute atomic E-state index is 12.3. The topological polar surface area (TPSA) is 53.4 Å². The summed E-state index contributed by atoms with van der Waals surface area (Å²) in [6.45, 7) is 4.18. The molecule has 4 heteroatoms. The van der Waals surface area contributed by atoms with E-state index >= 15 is 0 Å². The second kappa shape index (κ2) is 8.34. The average Bonchev–Trinajstić information content (AvgIpc) is 2.46. The van der Waals surface area contributed by atoms with Gasteiger partial charge in [-0.05, 0) is 19.4 Å². The van der Waals surface area contributed by atoms with Crippen molar-refractivity contribution in [1.29, 1.82) is 0 Å². The molecule has 0 fully saturated rings. The zero-order chi connectivity index (χ0) is 15.0. The van der Waals surface area contributed by atoms with Gasteiger partial charge in [-0.1, -0.05) is 25.2 Å². The van der Waals surface area contributed by atoms with Gasteiger partial charge < -0.3 is 10.0 Å². The lowest BCUT2D eigenvalue weighted by Crippen LogP contribution is -2.35. The molecule has 1 atom stereocenters. The third-order valence-corrected chi connectivity index (χ3v) is 3.14. The van der Waals surface area contributed by atoms with Gasteiger partial charge in [0.25, 0.3) is 5.91 Å². The summed E-state index contributed by atoms with van der Waals surface area (Å²) in [7, 11) is 1.81. The van der Waals surface area contributed by atoms with Crippen LogP contribution in [0.3, 0.4) is 0 Å². The quantitative estimate of drug-likeness (QED) is 0.836. The number of nitrogens with zero attached hydrogens (tertiary/aromatic N) is 2. The molecule has 0 aliphatic heterocycles. The largest absolute Gasteiger partial charge is 0.395 e. The molecule has 1 N–H and O–H groups in total. The number of aromatic nitrogens is 1. The lowest BCUT2D eigenvalue weighted by atomic mass is 10.1. The Bertz CT molecular complexity index is 503. The van der Waals surface area contributed by atoms with E-state index in [1.165, 1.54) is 0 Å². The highest BCUT2D eigenvalue weighted by atomic mass is 16.2. The highest BCUT2D eigenvalue weighted by Crippen LogP contribution is 2.10. The number of aliphatic hydroxyl groups excluding tert-OH is 1. The molecule has 0 radical (unpaired) electrons. The summed E-state index contributed by atoms with van der Waals surface area (Å²) in [6, 6.07) is 1.95. The maximum atomic E-state index is 12.3. The molecule has 1 unspecified atom stereocenters. The first-order chi connectivity index (χ1) is 9.60. The van der Waals surface area contributed by atoms with E-state index in [1.807, 2.05) is 14.0 Å². The summed E-state index contributed by atoms with van der Waals surface area (Å²) >= 11 is 0. The fraction of sp³-hybridized carbons (Fsp3) is 0.500. The van der Waals surface area contributed by atoms with E-state index in [4.69, 9.17) is 5.11 Å². The van der Waals surface area contributed by atoms with Crippen LogP contribution in [0.4, 0.5) is 0 Å². The van der Waals surface area contributed by atoms with Gasteiger partial charge in [0.15, 0.2) is 0 Å².